The first-order chi connectivity index (χ1) is 12.8. The second kappa shape index (κ2) is 6.44. The molecule has 0 fully saturated rings. The summed E-state index contributed by atoms with van der Waals surface area (Å²) >= 11 is 3.34. The maximum absolute atomic E-state index is 12.6. The molecular formula is C21H22BrN3O2. The summed E-state index contributed by atoms with van der Waals surface area (Å²) < 4.78 is 6.40. The summed E-state index contributed by atoms with van der Waals surface area (Å²) in [5, 5.41) is 0. The van der Waals surface area contributed by atoms with Gasteiger partial charge in [0.25, 0.3) is 6.02 Å². The van der Waals surface area contributed by atoms with Gasteiger partial charge in [-0.3, -0.25) is 9.78 Å². The number of pyridine rings is 1. The minimum Gasteiger partial charge on any atom is -0.462 e. The van der Waals surface area contributed by atoms with Gasteiger partial charge in [-0.1, -0.05) is 32.0 Å². The number of halogens is 1. The molecule has 1 atom stereocenters. The lowest BCUT2D eigenvalue weighted by molar-refractivity contribution is 0.0988. The van der Waals surface area contributed by atoms with Crippen molar-refractivity contribution in [3.8, 4) is 0 Å². The van der Waals surface area contributed by atoms with Crippen molar-refractivity contribution in [2.75, 3.05) is 6.61 Å². The van der Waals surface area contributed by atoms with Crippen LogP contribution in [0.25, 0.3) is 0 Å². The van der Waals surface area contributed by atoms with Crippen LogP contribution in [0.5, 0.6) is 0 Å². The molecule has 0 amide bonds. The smallest absolute Gasteiger partial charge is 0.283 e. The Balaban J connectivity index is 1.67. The number of aromatic nitrogens is 1. The molecule has 0 saturated carbocycles. The highest BCUT2D eigenvalue weighted by Gasteiger charge is 2.47. The van der Waals surface area contributed by atoms with Crippen LogP contribution < -0.4 is 5.73 Å². The van der Waals surface area contributed by atoms with Gasteiger partial charge in [-0.2, -0.15) is 0 Å². The fourth-order valence-electron chi connectivity index (χ4n) is 4.30. The van der Waals surface area contributed by atoms with E-state index < -0.39 is 5.54 Å². The summed E-state index contributed by atoms with van der Waals surface area (Å²) in [6.45, 7) is 4.96. The van der Waals surface area contributed by atoms with Gasteiger partial charge in [0.05, 0.1) is 0 Å². The highest BCUT2D eigenvalue weighted by atomic mass is 79.9. The van der Waals surface area contributed by atoms with E-state index in [2.05, 4.69) is 51.9 Å². The number of rotatable bonds is 3. The molecule has 1 aromatic heterocycles. The minimum absolute atomic E-state index is 0.00155. The first kappa shape index (κ1) is 18.2. The maximum Gasteiger partial charge on any atom is 0.283 e. The van der Waals surface area contributed by atoms with Gasteiger partial charge in [0.2, 0.25) is 0 Å². The van der Waals surface area contributed by atoms with Crippen LogP contribution in [0, 0.1) is 5.41 Å². The van der Waals surface area contributed by atoms with Crippen LogP contribution in [0.15, 0.2) is 46.0 Å². The number of nitrogens with zero attached hydrogens (tertiary/aromatic N) is 2. The van der Waals surface area contributed by atoms with Crippen molar-refractivity contribution >= 4 is 27.7 Å². The van der Waals surface area contributed by atoms with E-state index in [-0.39, 0.29) is 17.2 Å². The Morgan fingerprint density at radius 2 is 2.11 bits per heavy atom. The van der Waals surface area contributed by atoms with Crippen LogP contribution in [-0.4, -0.2) is 23.4 Å². The Labute approximate surface area is 167 Å². The molecule has 4 rings (SSSR count). The first-order valence-corrected chi connectivity index (χ1v) is 9.81. The standard InChI is InChI=1S/C21H22BrN3O2/c1-20(2)9-14-4-3-13(8-18(26)17-6-5-15(22)10-24-17)7-16(14)21(11-20)12-27-19(23)25-21/h3-7,10H,8-9,11-12H2,1-2H3,(H2,23,25). The van der Waals surface area contributed by atoms with E-state index in [1.165, 1.54) is 5.56 Å². The molecule has 140 valence electrons. The third-order valence-corrected chi connectivity index (χ3v) is 5.75. The molecule has 1 aliphatic heterocycles. The first-order valence-electron chi connectivity index (χ1n) is 9.02. The van der Waals surface area contributed by atoms with Crippen molar-refractivity contribution in [1.82, 2.24) is 4.98 Å². The van der Waals surface area contributed by atoms with Crippen molar-refractivity contribution in [2.45, 2.75) is 38.6 Å². The van der Waals surface area contributed by atoms with Crippen LogP contribution in [0.4, 0.5) is 0 Å². The summed E-state index contributed by atoms with van der Waals surface area (Å²) in [4.78, 5) is 21.5. The van der Waals surface area contributed by atoms with E-state index in [0.29, 0.717) is 18.7 Å². The molecule has 0 radical (unpaired) electrons. The normalized spacial score (nSPS) is 22.9. The zero-order valence-electron chi connectivity index (χ0n) is 15.5. The van der Waals surface area contributed by atoms with Gasteiger partial charge in [-0.05, 0) is 63.0 Å². The molecule has 1 aliphatic carbocycles. The largest absolute Gasteiger partial charge is 0.462 e. The lowest BCUT2D eigenvalue weighted by atomic mass is 9.65. The number of Topliss-reactive ketones (excluding diaryl/α,β-unsaturated/α-hetero) is 1. The second-order valence-electron chi connectivity index (χ2n) is 8.24. The molecule has 2 heterocycles. The Hall–Kier alpha value is -2.21. The van der Waals surface area contributed by atoms with Crippen molar-refractivity contribution in [3.05, 3.63) is 63.4 Å². The van der Waals surface area contributed by atoms with Gasteiger partial charge >= 0.3 is 0 Å². The summed E-state index contributed by atoms with van der Waals surface area (Å²) in [6.07, 6.45) is 3.80. The number of ketones is 1. The number of aliphatic imine (C=N–C) groups is 1. The molecule has 0 saturated heterocycles. The number of hydrogen-bond acceptors (Lipinski definition) is 5. The average Bonchev–Trinajstić information content (AvgIpc) is 2.96. The third-order valence-electron chi connectivity index (χ3n) is 5.28. The van der Waals surface area contributed by atoms with Crippen molar-refractivity contribution in [1.29, 1.82) is 0 Å². The molecule has 0 bridgehead atoms. The summed E-state index contributed by atoms with van der Waals surface area (Å²) in [5.41, 5.74) is 9.34. The SMILES string of the molecule is CC1(C)Cc2ccc(CC(=O)c3ccc(Br)cn3)cc2C2(COC(N)=N2)C1. The molecular weight excluding hydrogens is 406 g/mol. The van der Waals surface area contributed by atoms with E-state index >= 15 is 0 Å². The van der Waals surface area contributed by atoms with Crippen LogP contribution >= 0.6 is 15.9 Å². The molecule has 2 N–H and O–H groups in total. The summed E-state index contributed by atoms with van der Waals surface area (Å²) in [5.74, 6) is -0.00155. The molecule has 6 heteroatoms. The van der Waals surface area contributed by atoms with Crippen LogP contribution in [0.2, 0.25) is 0 Å². The predicted molar refractivity (Wildman–Crippen MR) is 108 cm³/mol. The van der Waals surface area contributed by atoms with Crippen molar-refractivity contribution in [3.63, 3.8) is 0 Å². The number of nitrogens with two attached hydrogens (primary N) is 1. The van der Waals surface area contributed by atoms with E-state index in [1.54, 1.807) is 12.3 Å². The Bertz CT molecular complexity index is 937. The Kier molecular flexibility index (Phi) is 4.34. The molecule has 1 spiro atoms. The fraction of sp³-hybridized carbons (Fsp3) is 0.381. The number of ether oxygens (including phenoxy) is 1. The summed E-state index contributed by atoms with van der Waals surface area (Å²) in [7, 11) is 0. The topological polar surface area (TPSA) is 77.6 Å². The highest BCUT2D eigenvalue weighted by molar-refractivity contribution is 9.10. The second-order valence-corrected chi connectivity index (χ2v) is 9.16. The van der Waals surface area contributed by atoms with Gasteiger partial charge in [0.1, 0.15) is 17.8 Å². The number of hydrogen-bond donors (Lipinski definition) is 1. The average molecular weight is 428 g/mol. The molecule has 2 aromatic rings. The quantitative estimate of drug-likeness (QED) is 0.755. The van der Waals surface area contributed by atoms with E-state index in [9.17, 15) is 4.79 Å². The maximum atomic E-state index is 12.6. The van der Waals surface area contributed by atoms with Gasteiger partial charge in [0, 0.05) is 17.1 Å². The Morgan fingerprint density at radius 3 is 2.78 bits per heavy atom. The van der Waals surface area contributed by atoms with Crippen LogP contribution in [0.1, 0.15) is 47.4 Å². The monoisotopic (exact) mass is 427 g/mol. The third kappa shape index (κ3) is 3.50. The van der Waals surface area contributed by atoms with E-state index in [0.717, 1.165) is 28.4 Å². The van der Waals surface area contributed by atoms with Gasteiger partial charge in [-0.25, -0.2) is 4.99 Å². The summed E-state index contributed by atoms with van der Waals surface area (Å²) in [6, 6.07) is 10.1. The van der Waals surface area contributed by atoms with E-state index in [4.69, 9.17) is 10.5 Å². The van der Waals surface area contributed by atoms with Gasteiger partial charge in [-0.15, -0.1) is 0 Å². The molecule has 2 aliphatic rings. The highest BCUT2D eigenvalue weighted by Crippen LogP contribution is 2.48. The van der Waals surface area contributed by atoms with Gasteiger partial charge in [0.15, 0.2) is 5.78 Å². The minimum atomic E-state index is -0.448. The predicted octanol–water partition coefficient (Wildman–Crippen LogP) is 3.78. The molecule has 1 aromatic carbocycles. The lowest BCUT2D eigenvalue weighted by Crippen LogP contribution is -2.39. The van der Waals surface area contributed by atoms with Crippen LogP contribution in [-0.2, 0) is 23.1 Å². The molecule has 5 nitrogen and oxygen atoms in total. The number of carbonyl (C=O) groups is 1. The molecule has 1 unspecified atom stereocenters. The zero-order chi connectivity index (χ0) is 19.2. The molecule has 27 heavy (non-hydrogen) atoms. The van der Waals surface area contributed by atoms with E-state index in [1.807, 2.05) is 12.1 Å². The number of amidine groups is 1. The van der Waals surface area contributed by atoms with Crippen LogP contribution in [0.3, 0.4) is 0 Å². The van der Waals surface area contributed by atoms with Crippen molar-refractivity contribution in [2.24, 2.45) is 16.1 Å². The zero-order valence-corrected chi connectivity index (χ0v) is 17.0. The number of carbonyl (C=O) groups excluding carboxylic acids is 1. The fourth-order valence-corrected chi connectivity index (χ4v) is 4.53. The lowest BCUT2D eigenvalue weighted by Gasteiger charge is -2.41. The number of benzene rings is 1. The number of fused-ring (bicyclic) bond motifs is 2. The van der Waals surface area contributed by atoms with Gasteiger partial charge < -0.3 is 10.5 Å². The van der Waals surface area contributed by atoms with Crippen molar-refractivity contribution < 1.29 is 9.53 Å². The Morgan fingerprint density at radius 1 is 1.30 bits per heavy atom.